The molecule has 1 N–H and O–H groups in total. The highest BCUT2D eigenvalue weighted by Crippen LogP contribution is 2.25. The number of hydrogen-bond acceptors (Lipinski definition) is 3. The molecule has 1 aromatic heterocycles. The predicted molar refractivity (Wildman–Crippen MR) is 68.8 cm³/mol. The molecule has 0 aromatic carbocycles. The minimum atomic E-state index is 0.529. The van der Waals surface area contributed by atoms with Crippen LogP contribution in [0.3, 0.4) is 0 Å². The number of rotatable bonds is 1. The Morgan fingerprint density at radius 2 is 2.38 bits per heavy atom. The van der Waals surface area contributed by atoms with E-state index in [2.05, 4.69) is 34.1 Å². The van der Waals surface area contributed by atoms with Crippen molar-refractivity contribution in [1.29, 1.82) is 0 Å². The van der Waals surface area contributed by atoms with Gasteiger partial charge in [-0.1, -0.05) is 0 Å². The van der Waals surface area contributed by atoms with Crippen LogP contribution in [0.2, 0.25) is 0 Å². The van der Waals surface area contributed by atoms with Crippen molar-refractivity contribution in [3.8, 4) is 0 Å². The minimum Gasteiger partial charge on any atom is -0.349 e. The summed E-state index contributed by atoms with van der Waals surface area (Å²) in [6.45, 7) is 4.59. The normalized spacial score (nSPS) is 26.7. The summed E-state index contributed by atoms with van der Waals surface area (Å²) in [5.74, 6) is 2.45. The maximum Gasteiger partial charge on any atom is 0.0464 e. The lowest BCUT2D eigenvalue weighted by molar-refractivity contribution is 0.241. The van der Waals surface area contributed by atoms with Crippen molar-refractivity contribution in [2.75, 3.05) is 32.4 Å². The molecule has 3 rings (SSSR count). The number of fused-ring (bicyclic) bond motifs is 1. The summed E-state index contributed by atoms with van der Waals surface area (Å²) < 4.78 is 2.43. The Bertz CT molecular complexity index is 351. The molecule has 3 nitrogen and oxygen atoms in total. The SMILES string of the molecule is CN1CCNC(c2cc3n(c2)CCSC3)C1. The van der Waals surface area contributed by atoms with Crippen LogP contribution in [0.15, 0.2) is 12.3 Å². The molecule has 4 heteroatoms. The van der Waals surface area contributed by atoms with Crippen LogP contribution < -0.4 is 5.32 Å². The van der Waals surface area contributed by atoms with Crippen LogP contribution in [-0.4, -0.2) is 41.9 Å². The van der Waals surface area contributed by atoms with Crippen LogP contribution in [0.25, 0.3) is 0 Å². The van der Waals surface area contributed by atoms with Crippen molar-refractivity contribution in [3.63, 3.8) is 0 Å². The van der Waals surface area contributed by atoms with Gasteiger partial charge in [0.2, 0.25) is 0 Å². The zero-order valence-corrected chi connectivity index (χ0v) is 10.6. The molecule has 0 bridgehead atoms. The van der Waals surface area contributed by atoms with Crippen LogP contribution in [0.5, 0.6) is 0 Å². The number of hydrogen-bond donors (Lipinski definition) is 1. The number of thioether (sulfide) groups is 1. The zero-order valence-electron chi connectivity index (χ0n) is 9.78. The van der Waals surface area contributed by atoms with E-state index in [1.54, 1.807) is 0 Å². The van der Waals surface area contributed by atoms with Gasteiger partial charge in [0, 0.05) is 55.6 Å². The van der Waals surface area contributed by atoms with Gasteiger partial charge in [0.25, 0.3) is 0 Å². The topological polar surface area (TPSA) is 20.2 Å². The van der Waals surface area contributed by atoms with Crippen molar-refractivity contribution in [1.82, 2.24) is 14.8 Å². The first-order valence-electron chi connectivity index (χ1n) is 6.01. The molecule has 1 aromatic rings. The third-order valence-corrected chi connectivity index (χ3v) is 4.49. The lowest BCUT2D eigenvalue weighted by Crippen LogP contribution is -2.43. The second-order valence-corrected chi connectivity index (χ2v) is 5.88. The van der Waals surface area contributed by atoms with Gasteiger partial charge in [0.05, 0.1) is 0 Å². The summed E-state index contributed by atoms with van der Waals surface area (Å²) in [6.07, 6.45) is 2.35. The van der Waals surface area contributed by atoms with E-state index < -0.39 is 0 Å². The molecule has 2 aliphatic heterocycles. The average Bonchev–Trinajstić information content (AvgIpc) is 2.72. The smallest absolute Gasteiger partial charge is 0.0464 e. The number of likely N-dealkylation sites (N-methyl/N-ethyl adjacent to an activating group) is 1. The fourth-order valence-electron chi connectivity index (χ4n) is 2.56. The molecule has 0 spiro atoms. The van der Waals surface area contributed by atoms with Gasteiger partial charge in [-0.2, -0.15) is 11.8 Å². The molecule has 0 amide bonds. The number of aryl methyl sites for hydroxylation is 1. The van der Waals surface area contributed by atoms with E-state index in [0.29, 0.717) is 6.04 Å². The van der Waals surface area contributed by atoms with Gasteiger partial charge >= 0.3 is 0 Å². The summed E-state index contributed by atoms with van der Waals surface area (Å²) >= 11 is 2.05. The minimum absolute atomic E-state index is 0.529. The summed E-state index contributed by atoms with van der Waals surface area (Å²) in [4.78, 5) is 2.41. The Kier molecular flexibility index (Phi) is 2.96. The summed E-state index contributed by atoms with van der Waals surface area (Å²) in [6, 6.07) is 2.92. The molecular formula is C12H19N3S. The molecule has 1 saturated heterocycles. The van der Waals surface area contributed by atoms with Crippen LogP contribution in [0.1, 0.15) is 17.3 Å². The summed E-state index contributed by atoms with van der Waals surface area (Å²) in [7, 11) is 2.21. The Labute approximate surface area is 101 Å². The van der Waals surface area contributed by atoms with Gasteiger partial charge < -0.3 is 14.8 Å². The first kappa shape index (κ1) is 10.7. The highest BCUT2D eigenvalue weighted by molar-refractivity contribution is 7.98. The molecule has 16 heavy (non-hydrogen) atoms. The number of aromatic nitrogens is 1. The van der Waals surface area contributed by atoms with Gasteiger partial charge in [0.15, 0.2) is 0 Å². The second kappa shape index (κ2) is 4.43. The van der Waals surface area contributed by atoms with Crippen molar-refractivity contribution in [2.45, 2.75) is 18.3 Å². The van der Waals surface area contributed by atoms with Crippen molar-refractivity contribution >= 4 is 11.8 Å². The predicted octanol–water partition coefficient (Wildman–Crippen LogP) is 1.31. The monoisotopic (exact) mass is 237 g/mol. The van der Waals surface area contributed by atoms with E-state index in [1.807, 2.05) is 11.8 Å². The van der Waals surface area contributed by atoms with Crippen LogP contribution >= 0.6 is 11.8 Å². The molecule has 2 aliphatic rings. The lowest BCUT2D eigenvalue weighted by atomic mass is 10.1. The largest absolute Gasteiger partial charge is 0.349 e. The van der Waals surface area contributed by atoms with E-state index in [0.717, 1.165) is 13.1 Å². The van der Waals surface area contributed by atoms with Gasteiger partial charge in [-0.05, 0) is 18.7 Å². The summed E-state index contributed by atoms with van der Waals surface area (Å²) in [5, 5.41) is 3.61. The number of piperazine rings is 1. The first-order chi connectivity index (χ1) is 7.83. The molecular weight excluding hydrogens is 218 g/mol. The fraction of sp³-hybridized carbons (Fsp3) is 0.667. The van der Waals surface area contributed by atoms with E-state index >= 15 is 0 Å². The highest BCUT2D eigenvalue weighted by atomic mass is 32.2. The molecule has 0 saturated carbocycles. The fourth-order valence-corrected chi connectivity index (χ4v) is 3.49. The highest BCUT2D eigenvalue weighted by Gasteiger charge is 2.21. The van der Waals surface area contributed by atoms with Crippen LogP contribution in [0, 0.1) is 0 Å². The van der Waals surface area contributed by atoms with E-state index in [1.165, 1.54) is 35.9 Å². The number of nitrogens with one attached hydrogen (secondary N) is 1. The third kappa shape index (κ3) is 2.01. The standard InChI is InChI=1S/C12H19N3S/c1-14-3-2-13-12(8-14)10-6-11-9-16-5-4-15(11)7-10/h6-7,12-13H,2-5,8-9H2,1H3. The molecule has 0 aliphatic carbocycles. The van der Waals surface area contributed by atoms with Crippen LogP contribution in [-0.2, 0) is 12.3 Å². The molecule has 3 heterocycles. The maximum absolute atomic E-state index is 3.61. The maximum atomic E-state index is 3.61. The average molecular weight is 237 g/mol. The molecule has 1 atom stereocenters. The first-order valence-corrected chi connectivity index (χ1v) is 7.17. The molecule has 88 valence electrons. The van der Waals surface area contributed by atoms with Gasteiger partial charge in [-0.25, -0.2) is 0 Å². The second-order valence-electron chi connectivity index (χ2n) is 4.78. The van der Waals surface area contributed by atoms with Crippen LogP contribution in [0.4, 0.5) is 0 Å². The Balaban J connectivity index is 1.80. The third-order valence-electron chi connectivity index (χ3n) is 3.51. The number of nitrogens with zero attached hydrogens (tertiary/aromatic N) is 2. The van der Waals surface area contributed by atoms with E-state index in [4.69, 9.17) is 0 Å². The quantitative estimate of drug-likeness (QED) is 0.795. The van der Waals surface area contributed by atoms with Gasteiger partial charge in [-0.3, -0.25) is 0 Å². The van der Waals surface area contributed by atoms with Gasteiger partial charge in [-0.15, -0.1) is 0 Å². The summed E-state index contributed by atoms with van der Waals surface area (Å²) in [5.41, 5.74) is 2.98. The Hall–Kier alpha value is -0.450. The van der Waals surface area contributed by atoms with E-state index in [9.17, 15) is 0 Å². The van der Waals surface area contributed by atoms with E-state index in [-0.39, 0.29) is 0 Å². The molecule has 1 unspecified atom stereocenters. The lowest BCUT2D eigenvalue weighted by Gasteiger charge is -2.30. The van der Waals surface area contributed by atoms with Crippen molar-refractivity contribution in [3.05, 3.63) is 23.5 Å². The molecule has 0 radical (unpaired) electrons. The Morgan fingerprint density at radius 1 is 1.44 bits per heavy atom. The Morgan fingerprint density at radius 3 is 3.19 bits per heavy atom. The van der Waals surface area contributed by atoms with Crippen molar-refractivity contribution < 1.29 is 0 Å². The van der Waals surface area contributed by atoms with Crippen molar-refractivity contribution in [2.24, 2.45) is 0 Å². The van der Waals surface area contributed by atoms with Gasteiger partial charge in [0.1, 0.15) is 0 Å². The molecule has 1 fully saturated rings. The zero-order chi connectivity index (χ0) is 11.0.